The first-order valence-electron chi connectivity index (χ1n) is 2.23. The molecule has 0 saturated carbocycles. The zero-order chi connectivity index (χ0) is 5.49. The molecule has 0 amide bonds. The van der Waals surface area contributed by atoms with E-state index in [-0.39, 0.29) is 12.6 Å². The van der Waals surface area contributed by atoms with Gasteiger partial charge < -0.3 is 9.84 Å². The van der Waals surface area contributed by atoms with Gasteiger partial charge in [0.1, 0.15) is 13.4 Å². The van der Waals surface area contributed by atoms with Gasteiger partial charge in [-0.3, -0.25) is 0 Å². The maximum absolute atomic E-state index is 8.43. The van der Waals surface area contributed by atoms with Gasteiger partial charge in [0.05, 0.1) is 6.61 Å². The standard InChI is InChI=1S/C4H7BO2/c1-4(2-6)3(5)7-4/h3,6H,2H2,1H3. The van der Waals surface area contributed by atoms with E-state index in [0.29, 0.717) is 0 Å². The maximum Gasteiger partial charge on any atom is 0.113 e. The van der Waals surface area contributed by atoms with E-state index in [2.05, 4.69) is 0 Å². The number of aliphatic hydroxyl groups excluding tert-OH is 1. The van der Waals surface area contributed by atoms with E-state index in [9.17, 15) is 0 Å². The molecular formula is C4H7BO2. The topological polar surface area (TPSA) is 32.8 Å². The fourth-order valence-electron chi connectivity index (χ4n) is 0.383. The molecule has 0 aromatic carbocycles. The van der Waals surface area contributed by atoms with Gasteiger partial charge >= 0.3 is 0 Å². The molecular weight excluding hydrogens is 90.9 g/mol. The van der Waals surface area contributed by atoms with Gasteiger partial charge in [-0.2, -0.15) is 0 Å². The van der Waals surface area contributed by atoms with Crippen molar-refractivity contribution in [1.29, 1.82) is 0 Å². The monoisotopic (exact) mass is 98.1 g/mol. The third-order valence-electron chi connectivity index (χ3n) is 1.25. The van der Waals surface area contributed by atoms with E-state index in [1.165, 1.54) is 0 Å². The predicted octanol–water partition coefficient (Wildman–Crippen LogP) is -0.738. The Kier molecular flexibility index (Phi) is 0.903. The SMILES string of the molecule is [B]C1OC1(C)CO. The molecule has 2 unspecified atom stereocenters. The molecule has 0 spiro atoms. The van der Waals surface area contributed by atoms with Crippen molar-refractivity contribution in [3.8, 4) is 0 Å². The minimum Gasteiger partial charge on any atom is -0.393 e. The summed E-state index contributed by atoms with van der Waals surface area (Å²) in [7, 11) is 5.23. The molecule has 0 aromatic heterocycles. The number of epoxide rings is 1. The summed E-state index contributed by atoms with van der Waals surface area (Å²) in [5.41, 5.74) is -0.417. The Morgan fingerprint density at radius 1 is 2.00 bits per heavy atom. The normalized spacial score (nSPS) is 49.1. The van der Waals surface area contributed by atoms with Gasteiger partial charge in [0, 0.05) is 6.00 Å². The zero-order valence-electron chi connectivity index (χ0n) is 4.22. The molecule has 1 aliphatic heterocycles. The molecule has 1 N–H and O–H groups in total. The summed E-state index contributed by atoms with van der Waals surface area (Å²) < 4.78 is 4.78. The molecule has 0 aliphatic carbocycles. The number of rotatable bonds is 1. The van der Waals surface area contributed by atoms with Gasteiger partial charge in [-0.25, -0.2) is 0 Å². The van der Waals surface area contributed by atoms with Crippen LogP contribution < -0.4 is 0 Å². The lowest BCUT2D eigenvalue weighted by molar-refractivity contribution is 0.185. The Hall–Kier alpha value is -0.0151. The van der Waals surface area contributed by atoms with Crippen molar-refractivity contribution in [1.82, 2.24) is 0 Å². The van der Waals surface area contributed by atoms with Crippen LogP contribution in [0.3, 0.4) is 0 Å². The average Bonchev–Trinajstić information content (AvgIpc) is 2.18. The van der Waals surface area contributed by atoms with Gasteiger partial charge in [-0.1, -0.05) is 0 Å². The van der Waals surface area contributed by atoms with Crippen molar-refractivity contribution in [2.75, 3.05) is 6.61 Å². The first kappa shape index (κ1) is 5.13. The van der Waals surface area contributed by atoms with Crippen LogP contribution in [0.1, 0.15) is 6.92 Å². The lowest BCUT2D eigenvalue weighted by Crippen LogP contribution is -2.14. The van der Waals surface area contributed by atoms with Crippen molar-refractivity contribution >= 4 is 7.85 Å². The lowest BCUT2D eigenvalue weighted by Gasteiger charge is -1.94. The molecule has 2 atom stereocenters. The summed E-state index contributed by atoms with van der Waals surface area (Å²) in [6.07, 6.45) is 0. The summed E-state index contributed by atoms with van der Waals surface area (Å²) >= 11 is 0. The van der Waals surface area contributed by atoms with Crippen LogP contribution in [-0.2, 0) is 4.74 Å². The second kappa shape index (κ2) is 1.23. The Morgan fingerprint density at radius 3 is 2.43 bits per heavy atom. The smallest absolute Gasteiger partial charge is 0.113 e. The number of ether oxygens (including phenoxy) is 1. The van der Waals surface area contributed by atoms with Gasteiger partial charge in [-0.15, -0.1) is 0 Å². The lowest BCUT2D eigenvalue weighted by atomic mass is 9.94. The van der Waals surface area contributed by atoms with Gasteiger partial charge in [-0.05, 0) is 6.92 Å². The first-order chi connectivity index (χ1) is 3.19. The molecule has 1 rings (SSSR count). The molecule has 1 fully saturated rings. The molecule has 0 bridgehead atoms. The number of aliphatic hydroxyl groups is 1. The van der Waals surface area contributed by atoms with Gasteiger partial charge in [0.2, 0.25) is 0 Å². The second-order valence-corrected chi connectivity index (χ2v) is 2.01. The van der Waals surface area contributed by atoms with Gasteiger partial charge in [0.15, 0.2) is 0 Å². The molecule has 2 nitrogen and oxygen atoms in total. The van der Waals surface area contributed by atoms with Crippen LogP contribution in [0.4, 0.5) is 0 Å². The Balaban J connectivity index is 2.36. The molecule has 1 saturated heterocycles. The zero-order valence-corrected chi connectivity index (χ0v) is 4.22. The van der Waals surface area contributed by atoms with E-state index < -0.39 is 5.60 Å². The summed E-state index contributed by atoms with van der Waals surface area (Å²) in [4.78, 5) is 0. The molecule has 2 radical (unpaired) electrons. The molecule has 3 heteroatoms. The highest BCUT2D eigenvalue weighted by molar-refractivity contribution is 6.13. The van der Waals surface area contributed by atoms with E-state index in [4.69, 9.17) is 17.7 Å². The highest BCUT2D eigenvalue weighted by atomic mass is 16.6. The highest BCUT2D eigenvalue weighted by Gasteiger charge is 2.47. The quantitative estimate of drug-likeness (QED) is 0.346. The second-order valence-electron chi connectivity index (χ2n) is 2.01. The van der Waals surface area contributed by atoms with Crippen molar-refractivity contribution < 1.29 is 9.84 Å². The first-order valence-corrected chi connectivity index (χ1v) is 2.23. The molecule has 1 heterocycles. The summed E-state index contributed by atoms with van der Waals surface area (Å²) in [5.74, 6) is 0. The molecule has 7 heavy (non-hydrogen) atoms. The average molecular weight is 97.9 g/mol. The van der Waals surface area contributed by atoms with E-state index in [0.717, 1.165) is 0 Å². The third-order valence-corrected chi connectivity index (χ3v) is 1.25. The van der Waals surface area contributed by atoms with Crippen LogP contribution in [0.2, 0.25) is 0 Å². The summed E-state index contributed by atoms with van der Waals surface area (Å²) in [6.45, 7) is 1.80. The number of hydrogen-bond acceptors (Lipinski definition) is 2. The van der Waals surface area contributed by atoms with Crippen molar-refractivity contribution in [2.24, 2.45) is 0 Å². The minimum atomic E-state index is -0.417. The largest absolute Gasteiger partial charge is 0.393 e. The Morgan fingerprint density at radius 2 is 2.43 bits per heavy atom. The fraction of sp³-hybridized carbons (Fsp3) is 1.00. The molecule has 1 aliphatic rings. The Labute approximate surface area is 43.9 Å². The highest BCUT2D eigenvalue weighted by Crippen LogP contribution is 2.31. The Bertz CT molecular complexity index is 81.8. The predicted molar refractivity (Wildman–Crippen MR) is 26.1 cm³/mol. The van der Waals surface area contributed by atoms with E-state index in [1.807, 2.05) is 0 Å². The van der Waals surface area contributed by atoms with Crippen LogP contribution in [0, 0.1) is 0 Å². The number of hydrogen-bond donors (Lipinski definition) is 1. The van der Waals surface area contributed by atoms with Crippen LogP contribution in [0.5, 0.6) is 0 Å². The summed E-state index contributed by atoms with van der Waals surface area (Å²) in [5, 5.41) is 8.43. The molecule has 0 aromatic rings. The van der Waals surface area contributed by atoms with Crippen molar-refractivity contribution in [2.45, 2.75) is 18.5 Å². The van der Waals surface area contributed by atoms with Crippen LogP contribution in [-0.4, -0.2) is 31.2 Å². The minimum absolute atomic E-state index is 0.0220. The molecule has 38 valence electrons. The van der Waals surface area contributed by atoms with Crippen molar-refractivity contribution in [3.05, 3.63) is 0 Å². The summed E-state index contributed by atoms with van der Waals surface area (Å²) in [6, 6.07) is -0.238. The van der Waals surface area contributed by atoms with Crippen LogP contribution in [0.25, 0.3) is 0 Å². The van der Waals surface area contributed by atoms with Crippen LogP contribution >= 0.6 is 0 Å². The van der Waals surface area contributed by atoms with E-state index in [1.54, 1.807) is 6.92 Å². The van der Waals surface area contributed by atoms with Crippen LogP contribution in [0.15, 0.2) is 0 Å². The third kappa shape index (κ3) is 0.662. The van der Waals surface area contributed by atoms with Crippen molar-refractivity contribution in [3.63, 3.8) is 0 Å². The van der Waals surface area contributed by atoms with Gasteiger partial charge in [0.25, 0.3) is 0 Å². The maximum atomic E-state index is 8.43. The van der Waals surface area contributed by atoms with E-state index >= 15 is 0 Å². The fourth-order valence-corrected chi connectivity index (χ4v) is 0.383.